The Labute approximate surface area is 171 Å². The Kier molecular flexibility index (Phi) is 6.10. The predicted octanol–water partition coefficient (Wildman–Crippen LogP) is 3.31. The fraction of sp³-hybridized carbons (Fsp3) is 0.391. The molecule has 1 saturated heterocycles. The van der Waals surface area contributed by atoms with Crippen LogP contribution in [0.15, 0.2) is 48.7 Å². The first-order valence-corrected chi connectivity index (χ1v) is 10.3. The molecule has 6 heteroatoms. The number of piperidine rings is 1. The summed E-state index contributed by atoms with van der Waals surface area (Å²) in [4.78, 5) is 15.1. The molecule has 1 N–H and O–H groups in total. The van der Waals surface area contributed by atoms with E-state index in [0.717, 1.165) is 41.9 Å². The Bertz CT molecular complexity index is 976. The van der Waals surface area contributed by atoms with Crippen molar-refractivity contribution >= 4 is 16.8 Å². The summed E-state index contributed by atoms with van der Waals surface area (Å²) in [5.74, 6) is 0.797. The van der Waals surface area contributed by atoms with E-state index in [4.69, 9.17) is 4.74 Å². The maximum Gasteiger partial charge on any atom is 0.251 e. The van der Waals surface area contributed by atoms with Gasteiger partial charge in [0.25, 0.3) is 5.91 Å². The average molecular weight is 393 g/mol. The number of hydrogen-bond donors (Lipinski definition) is 1. The number of fused-ring (bicyclic) bond motifs is 1. The molecule has 152 valence electrons. The normalized spacial score (nSPS) is 14.8. The minimum Gasteiger partial charge on any atom is -0.497 e. The first-order chi connectivity index (χ1) is 14.2. The van der Waals surface area contributed by atoms with E-state index >= 15 is 0 Å². The zero-order chi connectivity index (χ0) is 20.1. The van der Waals surface area contributed by atoms with E-state index in [1.54, 1.807) is 7.11 Å². The summed E-state index contributed by atoms with van der Waals surface area (Å²) in [7, 11) is 1.67. The van der Waals surface area contributed by atoms with Gasteiger partial charge in [0.1, 0.15) is 5.75 Å². The molecule has 0 radical (unpaired) electrons. The van der Waals surface area contributed by atoms with Crippen LogP contribution in [0.2, 0.25) is 0 Å². The van der Waals surface area contributed by atoms with Gasteiger partial charge in [0, 0.05) is 24.0 Å². The second kappa shape index (κ2) is 9.09. The molecule has 29 heavy (non-hydrogen) atoms. The molecular formula is C23H28N4O2. The van der Waals surface area contributed by atoms with Gasteiger partial charge in [0.2, 0.25) is 0 Å². The Morgan fingerprint density at radius 1 is 1.14 bits per heavy atom. The summed E-state index contributed by atoms with van der Waals surface area (Å²) in [6, 6.07) is 13.7. The summed E-state index contributed by atoms with van der Waals surface area (Å²) in [6.07, 6.45) is 5.70. The van der Waals surface area contributed by atoms with Crippen molar-refractivity contribution in [1.82, 2.24) is 20.0 Å². The van der Waals surface area contributed by atoms with E-state index in [2.05, 4.69) is 15.3 Å². The summed E-state index contributed by atoms with van der Waals surface area (Å²) in [6.45, 7) is 4.51. The number of nitrogens with one attached hydrogen (secondary N) is 1. The minimum absolute atomic E-state index is 0.0296. The largest absolute Gasteiger partial charge is 0.497 e. The van der Waals surface area contributed by atoms with Gasteiger partial charge < -0.3 is 15.0 Å². The number of aromatic nitrogens is 2. The number of ether oxygens (including phenoxy) is 1. The van der Waals surface area contributed by atoms with Crippen molar-refractivity contribution < 1.29 is 9.53 Å². The molecule has 0 unspecified atom stereocenters. The highest BCUT2D eigenvalue weighted by Gasteiger charge is 2.12. The third-order valence-corrected chi connectivity index (χ3v) is 5.54. The smallest absolute Gasteiger partial charge is 0.251 e. The molecular weight excluding hydrogens is 364 g/mol. The highest BCUT2D eigenvalue weighted by Crippen LogP contribution is 2.19. The summed E-state index contributed by atoms with van der Waals surface area (Å²) in [5.41, 5.74) is 2.73. The molecule has 0 atom stereocenters. The molecule has 1 fully saturated rings. The number of likely N-dealkylation sites (tertiary alicyclic amines) is 1. The summed E-state index contributed by atoms with van der Waals surface area (Å²) < 4.78 is 7.23. The lowest BCUT2D eigenvalue weighted by Gasteiger charge is -2.26. The van der Waals surface area contributed by atoms with Crippen LogP contribution in [-0.2, 0) is 6.54 Å². The molecule has 4 rings (SSSR count). The SMILES string of the molecule is COc1cccc(Cn2ncc3ccc(C(=O)NCCN4CCCCC4)cc32)c1. The van der Waals surface area contributed by atoms with Gasteiger partial charge in [-0.05, 0) is 55.8 Å². The van der Waals surface area contributed by atoms with Crippen LogP contribution >= 0.6 is 0 Å². The van der Waals surface area contributed by atoms with Gasteiger partial charge >= 0.3 is 0 Å². The van der Waals surface area contributed by atoms with E-state index in [1.165, 1.54) is 19.3 Å². The van der Waals surface area contributed by atoms with E-state index in [1.807, 2.05) is 53.3 Å². The second-order valence-electron chi connectivity index (χ2n) is 7.59. The fourth-order valence-electron chi connectivity index (χ4n) is 3.89. The molecule has 6 nitrogen and oxygen atoms in total. The fourth-order valence-corrected chi connectivity index (χ4v) is 3.89. The Balaban J connectivity index is 1.43. The number of rotatable bonds is 7. The van der Waals surface area contributed by atoms with Crippen LogP contribution < -0.4 is 10.1 Å². The Morgan fingerprint density at radius 2 is 2.00 bits per heavy atom. The number of methoxy groups -OCH3 is 1. The topological polar surface area (TPSA) is 59.4 Å². The lowest BCUT2D eigenvalue weighted by molar-refractivity contribution is 0.0946. The molecule has 2 heterocycles. The maximum atomic E-state index is 12.6. The molecule has 0 saturated carbocycles. The zero-order valence-electron chi connectivity index (χ0n) is 16.9. The van der Waals surface area contributed by atoms with E-state index in [9.17, 15) is 4.79 Å². The van der Waals surface area contributed by atoms with Crippen molar-refractivity contribution in [3.63, 3.8) is 0 Å². The summed E-state index contributed by atoms with van der Waals surface area (Å²) >= 11 is 0. The van der Waals surface area contributed by atoms with Crippen LogP contribution in [-0.4, -0.2) is 53.9 Å². The van der Waals surface area contributed by atoms with Crippen LogP contribution in [0.5, 0.6) is 5.75 Å². The molecule has 0 bridgehead atoms. The molecule has 1 aliphatic rings. The van der Waals surface area contributed by atoms with Crippen molar-refractivity contribution in [1.29, 1.82) is 0 Å². The number of amides is 1. The average Bonchev–Trinajstić information content (AvgIpc) is 3.16. The molecule has 0 aliphatic carbocycles. The molecule has 1 aliphatic heterocycles. The van der Waals surface area contributed by atoms with Gasteiger partial charge in [0.05, 0.1) is 25.4 Å². The van der Waals surface area contributed by atoms with Gasteiger partial charge in [0.15, 0.2) is 0 Å². The molecule has 3 aromatic rings. The molecule has 0 spiro atoms. The number of carbonyl (C=O) groups excluding carboxylic acids is 1. The second-order valence-corrected chi connectivity index (χ2v) is 7.59. The van der Waals surface area contributed by atoms with Crippen LogP contribution in [0.3, 0.4) is 0 Å². The maximum absolute atomic E-state index is 12.6. The lowest BCUT2D eigenvalue weighted by Crippen LogP contribution is -2.37. The number of benzene rings is 2. The first-order valence-electron chi connectivity index (χ1n) is 10.3. The molecule has 1 aromatic heterocycles. The van der Waals surface area contributed by atoms with E-state index in [0.29, 0.717) is 18.7 Å². The van der Waals surface area contributed by atoms with Crippen LogP contribution in [0.25, 0.3) is 10.9 Å². The zero-order valence-corrected chi connectivity index (χ0v) is 16.9. The predicted molar refractivity (Wildman–Crippen MR) is 114 cm³/mol. The summed E-state index contributed by atoms with van der Waals surface area (Å²) in [5, 5.41) is 8.59. The van der Waals surface area contributed by atoms with E-state index < -0.39 is 0 Å². The highest BCUT2D eigenvalue weighted by atomic mass is 16.5. The number of hydrogen-bond acceptors (Lipinski definition) is 4. The lowest BCUT2D eigenvalue weighted by atomic mass is 10.1. The number of carbonyl (C=O) groups is 1. The standard InChI is InChI=1S/C23H28N4O2/c1-29-21-7-5-6-18(14-21)17-27-22-15-19(8-9-20(22)16-25-27)23(28)24-10-13-26-11-3-2-4-12-26/h5-9,14-16H,2-4,10-13,17H2,1H3,(H,24,28). The van der Waals surface area contributed by atoms with Crippen molar-refractivity contribution in [3.8, 4) is 5.75 Å². The van der Waals surface area contributed by atoms with Crippen LogP contribution in [0, 0.1) is 0 Å². The van der Waals surface area contributed by atoms with Crippen molar-refractivity contribution in [2.24, 2.45) is 0 Å². The number of nitrogens with zero attached hydrogens (tertiary/aromatic N) is 3. The van der Waals surface area contributed by atoms with Gasteiger partial charge in [-0.25, -0.2) is 0 Å². The van der Waals surface area contributed by atoms with Crippen molar-refractivity contribution in [2.75, 3.05) is 33.3 Å². The van der Waals surface area contributed by atoms with Gasteiger partial charge in [-0.2, -0.15) is 5.10 Å². The minimum atomic E-state index is -0.0296. The van der Waals surface area contributed by atoms with Gasteiger partial charge in [-0.15, -0.1) is 0 Å². The monoisotopic (exact) mass is 392 g/mol. The van der Waals surface area contributed by atoms with Gasteiger partial charge in [-0.1, -0.05) is 24.6 Å². The molecule has 1 amide bonds. The van der Waals surface area contributed by atoms with Crippen LogP contribution in [0.1, 0.15) is 35.2 Å². The highest BCUT2D eigenvalue weighted by molar-refractivity contribution is 5.97. The van der Waals surface area contributed by atoms with Crippen LogP contribution in [0.4, 0.5) is 0 Å². The third-order valence-electron chi connectivity index (χ3n) is 5.54. The molecule has 2 aromatic carbocycles. The quantitative estimate of drug-likeness (QED) is 0.670. The Hall–Kier alpha value is -2.86. The van der Waals surface area contributed by atoms with Gasteiger partial charge in [-0.3, -0.25) is 9.48 Å². The van der Waals surface area contributed by atoms with Crippen molar-refractivity contribution in [2.45, 2.75) is 25.8 Å². The first kappa shape index (κ1) is 19.5. The van der Waals surface area contributed by atoms with E-state index in [-0.39, 0.29) is 5.91 Å². The Morgan fingerprint density at radius 3 is 2.83 bits per heavy atom. The third kappa shape index (κ3) is 4.77. The van der Waals surface area contributed by atoms with Crippen molar-refractivity contribution in [3.05, 3.63) is 59.8 Å².